The molecule has 2 aromatic rings. The Morgan fingerprint density at radius 2 is 2.29 bits per heavy atom. The molecule has 0 saturated heterocycles. The van der Waals surface area contributed by atoms with Gasteiger partial charge in [0.05, 0.1) is 12.7 Å². The molecule has 2 rings (SSSR count). The molecule has 17 heavy (non-hydrogen) atoms. The number of aliphatic hydroxyl groups is 1. The molecule has 4 nitrogen and oxygen atoms in total. The van der Waals surface area contributed by atoms with Crippen molar-refractivity contribution in [3.8, 4) is 0 Å². The summed E-state index contributed by atoms with van der Waals surface area (Å²) in [5.41, 5.74) is 2.04. The first-order valence-corrected chi connectivity index (χ1v) is 5.60. The molecule has 90 valence electrons. The molecule has 1 atom stereocenters. The van der Waals surface area contributed by atoms with Gasteiger partial charge in [-0.05, 0) is 31.5 Å². The fourth-order valence-corrected chi connectivity index (χ4v) is 1.86. The second-order valence-corrected chi connectivity index (χ2v) is 3.89. The smallest absolute Gasteiger partial charge is 0.354 e. The molecular formula is C13H15NO3. The van der Waals surface area contributed by atoms with Crippen molar-refractivity contribution in [3.05, 3.63) is 35.5 Å². The second-order valence-electron chi connectivity index (χ2n) is 3.89. The number of aromatic nitrogens is 1. The zero-order chi connectivity index (χ0) is 12.4. The van der Waals surface area contributed by atoms with Crippen molar-refractivity contribution in [2.75, 3.05) is 6.61 Å². The van der Waals surface area contributed by atoms with Crippen LogP contribution >= 0.6 is 0 Å². The number of rotatable bonds is 3. The van der Waals surface area contributed by atoms with Crippen LogP contribution < -0.4 is 0 Å². The van der Waals surface area contributed by atoms with Gasteiger partial charge in [-0.25, -0.2) is 4.79 Å². The van der Waals surface area contributed by atoms with Crippen LogP contribution in [0.3, 0.4) is 0 Å². The number of nitrogens with one attached hydrogen (secondary N) is 1. The highest BCUT2D eigenvalue weighted by Crippen LogP contribution is 2.25. The van der Waals surface area contributed by atoms with Gasteiger partial charge < -0.3 is 14.8 Å². The number of hydrogen-bond donors (Lipinski definition) is 2. The van der Waals surface area contributed by atoms with Gasteiger partial charge in [-0.15, -0.1) is 0 Å². The van der Waals surface area contributed by atoms with Crippen LogP contribution in [0.2, 0.25) is 0 Å². The zero-order valence-electron chi connectivity index (χ0n) is 9.86. The van der Waals surface area contributed by atoms with Gasteiger partial charge in [0.15, 0.2) is 0 Å². The Morgan fingerprint density at radius 3 is 2.94 bits per heavy atom. The van der Waals surface area contributed by atoms with E-state index in [4.69, 9.17) is 4.74 Å². The van der Waals surface area contributed by atoms with Crippen LogP contribution in [0.5, 0.6) is 0 Å². The third kappa shape index (κ3) is 2.17. The predicted octanol–water partition coefficient (Wildman–Crippen LogP) is 2.40. The predicted molar refractivity (Wildman–Crippen MR) is 64.9 cm³/mol. The number of fused-ring (bicyclic) bond motifs is 1. The van der Waals surface area contributed by atoms with E-state index >= 15 is 0 Å². The van der Waals surface area contributed by atoms with E-state index in [9.17, 15) is 9.90 Å². The Morgan fingerprint density at radius 1 is 1.53 bits per heavy atom. The number of carbonyl (C=O) groups is 1. The summed E-state index contributed by atoms with van der Waals surface area (Å²) in [5.74, 6) is -0.375. The lowest BCUT2D eigenvalue weighted by molar-refractivity contribution is 0.0520. The minimum absolute atomic E-state index is 0.345. The highest BCUT2D eigenvalue weighted by atomic mass is 16.5. The van der Waals surface area contributed by atoms with Crippen molar-refractivity contribution >= 4 is 16.9 Å². The van der Waals surface area contributed by atoms with E-state index in [2.05, 4.69) is 4.98 Å². The maximum absolute atomic E-state index is 11.6. The lowest BCUT2D eigenvalue weighted by Crippen LogP contribution is -2.04. The molecule has 0 amide bonds. The summed E-state index contributed by atoms with van der Waals surface area (Å²) in [6.07, 6.45) is -0.565. The minimum atomic E-state index is -0.565. The number of ether oxygens (including phenoxy) is 1. The van der Waals surface area contributed by atoms with Crippen LogP contribution in [0, 0.1) is 0 Å². The number of carbonyl (C=O) groups excluding carboxylic acids is 1. The third-order valence-corrected chi connectivity index (χ3v) is 2.64. The summed E-state index contributed by atoms with van der Waals surface area (Å²) in [7, 11) is 0. The molecule has 0 fully saturated rings. The van der Waals surface area contributed by atoms with Crippen LogP contribution in [0.25, 0.3) is 10.9 Å². The Labute approximate surface area is 99.2 Å². The van der Waals surface area contributed by atoms with E-state index in [1.54, 1.807) is 19.9 Å². The number of hydrogen-bond acceptors (Lipinski definition) is 3. The van der Waals surface area contributed by atoms with Gasteiger partial charge in [-0.3, -0.25) is 0 Å². The first kappa shape index (κ1) is 11.7. The average molecular weight is 233 g/mol. The molecule has 0 aliphatic heterocycles. The molecule has 2 N–H and O–H groups in total. The number of H-pyrrole nitrogens is 1. The Balaban J connectivity index is 2.50. The van der Waals surface area contributed by atoms with Gasteiger partial charge in [0, 0.05) is 10.9 Å². The van der Waals surface area contributed by atoms with Crippen LogP contribution in [-0.2, 0) is 4.74 Å². The highest BCUT2D eigenvalue weighted by Gasteiger charge is 2.13. The van der Waals surface area contributed by atoms with Crippen LogP contribution in [-0.4, -0.2) is 22.7 Å². The number of benzene rings is 1. The summed E-state index contributed by atoms with van der Waals surface area (Å²) in [6.45, 7) is 3.81. The van der Waals surface area contributed by atoms with E-state index in [1.807, 2.05) is 18.2 Å². The molecule has 0 bridgehead atoms. The second kappa shape index (κ2) is 4.59. The third-order valence-electron chi connectivity index (χ3n) is 2.64. The SMILES string of the molecule is CCOC(=O)c1cc2c(C(C)O)cccc2[nH]1. The van der Waals surface area contributed by atoms with E-state index in [1.165, 1.54) is 0 Å². The van der Waals surface area contributed by atoms with Gasteiger partial charge in [0.2, 0.25) is 0 Å². The van der Waals surface area contributed by atoms with Crippen LogP contribution in [0.1, 0.15) is 36.0 Å². The first-order valence-electron chi connectivity index (χ1n) is 5.60. The molecule has 0 spiro atoms. The monoisotopic (exact) mass is 233 g/mol. The summed E-state index contributed by atoms with van der Waals surface area (Å²) in [5, 5.41) is 10.5. The van der Waals surface area contributed by atoms with Gasteiger partial charge in [0.1, 0.15) is 5.69 Å². The molecule has 4 heteroatoms. The molecule has 0 radical (unpaired) electrons. The molecule has 1 unspecified atom stereocenters. The Kier molecular flexibility index (Phi) is 3.15. The van der Waals surface area contributed by atoms with Crippen LogP contribution in [0.4, 0.5) is 0 Å². The Hall–Kier alpha value is -1.81. The summed E-state index contributed by atoms with van der Waals surface area (Å²) >= 11 is 0. The van der Waals surface area contributed by atoms with Crippen molar-refractivity contribution < 1.29 is 14.6 Å². The summed E-state index contributed by atoms with van der Waals surface area (Å²) in [4.78, 5) is 14.6. The van der Waals surface area contributed by atoms with Crippen molar-refractivity contribution in [1.82, 2.24) is 4.98 Å². The van der Waals surface area contributed by atoms with E-state index < -0.39 is 6.10 Å². The average Bonchev–Trinajstić information content (AvgIpc) is 2.72. The molecular weight excluding hydrogens is 218 g/mol. The maximum atomic E-state index is 11.6. The van der Waals surface area contributed by atoms with Gasteiger partial charge in [-0.2, -0.15) is 0 Å². The van der Waals surface area contributed by atoms with Crippen molar-refractivity contribution in [2.45, 2.75) is 20.0 Å². The van der Waals surface area contributed by atoms with E-state index in [0.717, 1.165) is 16.5 Å². The van der Waals surface area contributed by atoms with Crippen LogP contribution in [0.15, 0.2) is 24.3 Å². The number of esters is 1. The molecule has 0 aliphatic rings. The fraction of sp³-hybridized carbons (Fsp3) is 0.308. The highest BCUT2D eigenvalue weighted by molar-refractivity contribution is 5.96. The first-order chi connectivity index (χ1) is 8.13. The quantitative estimate of drug-likeness (QED) is 0.800. The fourth-order valence-electron chi connectivity index (χ4n) is 1.86. The van der Waals surface area contributed by atoms with Crippen molar-refractivity contribution in [3.63, 3.8) is 0 Å². The van der Waals surface area contributed by atoms with Crippen molar-refractivity contribution in [1.29, 1.82) is 0 Å². The minimum Gasteiger partial charge on any atom is -0.461 e. The topological polar surface area (TPSA) is 62.3 Å². The molecule has 1 aromatic heterocycles. The molecule has 0 aliphatic carbocycles. The summed E-state index contributed by atoms with van der Waals surface area (Å²) in [6, 6.07) is 7.27. The number of aromatic amines is 1. The molecule has 1 heterocycles. The van der Waals surface area contributed by atoms with Gasteiger partial charge in [-0.1, -0.05) is 12.1 Å². The van der Waals surface area contributed by atoms with E-state index in [0.29, 0.717) is 12.3 Å². The standard InChI is InChI=1S/C13H15NO3/c1-3-17-13(16)12-7-10-9(8(2)15)5-4-6-11(10)14-12/h4-8,14-15H,3H2,1-2H3. The van der Waals surface area contributed by atoms with E-state index in [-0.39, 0.29) is 5.97 Å². The number of aliphatic hydroxyl groups excluding tert-OH is 1. The zero-order valence-corrected chi connectivity index (χ0v) is 9.86. The molecule has 0 saturated carbocycles. The lowest BCUT2D eigenvalue weighted by atomic mass is 10.1. The summed E-state index contributed by atoms with van der Waals surface area (Å²) < 4.78 is 4.93. The van der Waals surface area contributed by atoms with Crippen molar-refractivity contribution in [2.24, 2.45) is 0 Å². The maximum Gasteiger partial charge on any atom is 0.354 e. The largest absolute Gasteiger partial charge is 0.461 e. The Bertz CT molecular complexity index is 543. The van der Waals surface area contributed by atoms with Gasteiger partial charge in [0.25, 0.3) is 0 Å². The van der Waals surface area contributed by atoms with Gasteiger partial charge >= 0.3 is 5.97 Å². The molecule has 1 aromatic carbocycles. The lowest BCUT2D eigenvalue weighted by Gasteiger charge is -2.04. The normalized spacial score (nSPS) is 12.6.